The third-order valence-corrected chi connectivity index (χ3v) is 8.11. The average molecular weight is 522 g/mol. The summed E-state index contributed by atoms with van der Waals surface area (Å²) in [5.41, 5.74) is 0.827. The molecule has 1 amide bonds. The molecule has 1 fully saturated rings. The Kier molecular flexibility index (Phi) is 7.34. The first-order valence-corrected chi connectivity index (χ1v) is 12.6. The van der Waals surface area contributed by atoms with Crippen LogP contribution in [0.5, 0.6) is 0 Å². The summed E-state index contributed by atoms with van der Waals surface area (Å²) in [6.07, 6.45) is 3.39. The highest BCUT2D eigenvalue weighted by Crippen LogP contribution is 2.30. The Hall–Kier alpha value is -3.08. The molecule has 3 aromatic rings. The number of sulfonamides is 1. The minimum atomic E-state index is -3.97. The van der Waals surface area contributed by atoms with Crippen molar-refractivity contribution in [2.24, 2.45) is 5.92 Å². The van der Waals surface area contributed by atoms with Crippen molar-refractivity contribution in [3.05, 3.63) is 76.1 Å². The van der Waals surface area contributed by atoms with Crippen molar-refractivity contribution in [3.8, 4) is 0 Å². The van der Waals surface area contributed by atoms with Crippen molar-refractivity contribution in [1.82, 2.24) is 9.46 Å². The molecule has 0 atom stereocenters. The molecule has 1 aliphatic heterocycles. The number of halogens is 3. The molecule has 35 heavy (non-hydrogen) atoms. The second-order valence-electron chi connectivity index (χ2n) is 8.11. The van der Waals surface area contributed by atoms with Gasteiger partial charge in [0.25, 0.3) is 0 Å². The molecule has 1 aromatic heterocycles. The van der Waals surface area contributed by atoms with E-state index in [9.17, 15) is 22.0 Å². The zero-order chi connectivity index (χ0) is 25.2. The summed E-state index contributed by atoms with van der Waals surface area (Å²) >= 11 is 5.76. The van der Waals surface area contributed by atoms with Crippen LogP contribution in [0.25, 0.3) is 12.2 Å². The van der Waals surface area contributed by atoms with Gasteiger partial charge in [0.1, 0.15) is 17.3 Å². The summed E-state index contributed by atoms with van der Waals surface area (Å²) in [4.78, 5) is 12.5. The summed E-state index contributed by atoms with van der Waals surface area (Å²) in [6.45, 7) is 1.75. The quantitative estimate of drug-likeness (QED) is 0.486. The highest BCUT2D eigenvalue weighted by molar-refractivity contribution is 7.89. The Morgan fingerprint density at radius 2 is 1.86 bits per heavy atom. The molecule has 0 radical (unpaired) electrons. The third kappa shape index (κ3) is 5.44. The smallest absolute Gasteiger partial charge is 0.248 e. The molecule has 11 heteroatoms. The number of aromatic nitrogens is 1. The maximum atomic E-state index is 13.9. The number of hydrogen-bond donors (Lipinski definition) is 1. The van der Waals surface area contributed by atoms with E-state index in [0.29, 0.717) is 18.5 Å². The van der Waals surface area contributed by atoms with Gasteiger partial charge in [-0.15, -0.1) is 0 Å². The van der Waals surface area contributed by atoms with Gasteiger partial charge < -0.3 is 9.84 Å². The van der Waals surface area contributed by atoms with Crippen LogP contribution in [0, 0.1) is 24.5 Å². The number of rotatable bonds is 6. The van der Waals surface area contributed by atoms with Gasteiger partial charge in [0.05, 0.1) is 5.02 Å². The van der Waals surface area contributed by atoms with Gasteiger partial charge in [-0.25, -0.2) is 17.2 Å². The number of benzene rings is 2. The molecule has 0 unspecified atom stereocenters. The van der Waals surface area contributed by atoms with Gasteiger partial charge in [-0.05, 0) is 56.2 Å². The van der Waals surface area contributed by atoms with Gasteiger partial charge in [-0.1, -0.05) is 35.0 Å². The van der Waals surface area contributed by atoms with Crippen molar-refractivity contribution in [2.45, 2.75) is 24.7 Å². The standard InChI is InChI=1S/C24H22ClF2N3O4S/c1-15-23(22(34-29-15)9-6-16-4-2-3-5-20(16)26)35(32,33)30-12-10-17(11-13-30)24(31)28-18-7-8-21(27)19(25)14-18/h2-9,14,17H,10-13H2,1H3,(H,28,31). The second kappa shape index (κ2) is 10.3. The fourth-order valence-corrected chi connectivity index (χ4v) is 5.78. The number of carbonyl (C=O) groups is 1. The molecule has 7 nitrogen and oxygen atoms in total. The minimum Gasteiger partial charge on any atom is -0.355 e. The molecule has 0 saturated carbocycles. The van der Waals surface area contributed by atoms with E-state index in [0.717, 1.165) is 6.07 Å². The van der Waals surface area contributed by atoms with Gasteiger partial charge in [0.15, 0.2) is 10.7 Å². The number of hydrogen-bond acceptors (Lipinski definition) is 5. The zero-order valence-electron chi connectivity index (χ0n) is 18.7. The van der Waals surface area contributed by atoms with Crippen LogP contribution in [-0.2, 0) is 14.8 Å². The van der Waals surface area contributed by atoms with E-state index in [1.165, 1.54) is 41.6 Å². The van der Waals surface area contributed by atoms with Crippen LogP contribution in [-0.4, -0.2) is 36.9 Å². The van der Waals surface area contributed by atoms with Gasteiger partial charge >= 0.3 is 0 Å². The van der Waals surface area contributed by atoms with Gasteiger partial charge in [0.2, 0.25) is 15.9 Å². The van der Waals surface area contributed by atoms with E-state index in [1.54, 1.807) is 18.2 Å². The van der Waals surface area contributed by atoms with Crippen molar-refractivity contribution in [1.29, 1.82) is 0 Å². The largest absolute Gasteiger partial charge is 0.355 e. The van der Waals surface area contributed by atoms with Crippen LogP contribution < -0.4 is 5.32 Å². The van der Waals surface area contributed by atoms with Crippen molar-refractivity contribution < 1.29 is 26.5 Å². The van der Waals surface area contributed by atoms with Crippen LogP contribution in [0.4, 0.5) is 14.5 Å². The monoisotopic (exact) mass is 521 g/mol. The number of nitrogens with one attached hydrogen (secondary N) is 1. The summed E-state index contributed by atoms with van der Waals surface area (Å²) in [6, 6.07) is 9.96. The summed E-state index contributed by atoms with van der Waals surface area (Å²) < 4.78 is 60.5. The van der Waals surface area contributed by atoms with E-state index >= 15 is 0 Å². The van der Waals surface area contributed by atoms with E-state index in [4.69, 9.17) is 16.1 Å². The minimum absolute atomic E-state index is 0.00110. The molecule has 0 spiro atoms. The highest BCUT2D eigenvalue weighted by atomic mass is 35.5. The Labute approximate surface area is 206 Å². The number of amides is 1. The summed E-state index contributed by atoms with van der Waals surface area (Å²) in [7, 11) is -3.97. The van der Waals surface area contributed by atoms with E-state index in [1.807, 2.05) is 0 Å². The molecule has 1 saturated heterocycles. The first-order chi connectivity index (χ1) is 16.7. The molecule has 1 aliphatic rings. The summed E-state index contributed by atoms with van der Waals surface area (Å²) in [5.74, 6) is -1.75. The Balaban J connectivity index is 1.45. The van der Waals surface area contributed by atoms with Crippen LogP contribution >= 0.6 is 11.6 Å². The SMILES string of the molecule is Cc1noc(C=Cc2ccccc2F)c1S(=O)(=O)N1CCC(C(=O)Nc2ccc(F)c(Cl)c2)CC1. The number of nitrogens with zero attached hydrogens (tertiary/aromatic N) is 2. The maximum absolute atomic E-state index is 13.9. The predicted molar refractivity (Wildman–Crippen MR) is 128 cm³/mol. The lowest BCUT2D eigenvalue weighted by atomic mass is 9.97. The molecule has 2 aromatic carbocycles. The molecule has 2 heterocycles. The first-order valence-electron chi connectivity index (χ1n) is 10.8. The van der Waals surface area contributed by atoms with Crippen LogP contribution in [0.1, 0.15) is 29.9 Å². The predicted octanol–water partition coefficient (Wildman–Crippen LogP) is 5.12. The molecule has 184 valence electrons. The number of anilines is 1. The molecular weight excluding hydrogens is 500 g/mol. The maximum Gasteiger partial charge on any atom is 0.248 e. The van der Waals surface area contributed by atoms with Crippen LogP contribution in [0.2, 0.25) is 5.02 Å². The lowest BCUT2D eigenvalue weighted by Crippen LogP contribution is -2.41. The van der Waals surface area contributed by atoms with Crippen LogP contribution in [0.15, 0.2) is 51.9 Å². The van der Waals surface area contributed by atoms with Gasteiger partial charge in [-0.2, -0.15) is 4.31 Å². The normalized spacial score (nSPS) is 15.5. The number of aryl methyl sites for hydroxylation is 1. The van der Waals surface area contributed by atoms with E-state index < -0.39 is 27.6 Å². The average Bonchev–Trinajstić information content (AvgIpc) is 3.22. The molecule has 4 rings (SSSR count). The Morgan fingerprint density at radius 1 is 1.14 bits per heavy atom. The topological polar surface area (TPSA) is 92.5 Å². The summed E-state index contributed by atoms with van der Waals surface area (Å²) in [5, 5.41) is 6.38. The second-order valence-corrected chi connectivity index (χ2v) is 10.4. The van der Waals surface area contributed by atoms with Crippen molar-refractivity contribution >= 4 is 45.4 Å². The molecule has 0 aliphatic carbocycles. The Morgan fingerprint density at radius 3 is 2.54 bits per heavy atom. The Bertz CT molecular complexity index is 1380. The van der Waals surface area contributed by atoms with Gasteiger partial charge in [-0.3, -0.25) is 4.79 Å². The fraction of sp³-hybridized carbons (Fsp3) is 0.250. The van der Waals surface area contributed by atoms with Crippen molar-refractivity contribution in [3.63, 3.8) is 0 Å². The highest BCUT2D eigenvalue weighted by Gasteiger charge is 2.36. The van der Waals surface area contributed by atoms with E-state index in [2.05, 4.69) is 10.5 Å². The molecular formula is C24H22ClF2N3O4S. The lowest BCUT2D eigenvalue weighted by Gasteiger charge is -2.30. The third-order valence-electron chi connectivity index (χ3n) is 5.76. The van der Waals surface area contributed by atoms with Crippen molar-refractivity contribution in [2.75, 3.05) is 18.4 Å². The first kappa shape index (κ1) is 25.0. The lowest BCUT2D eigenvalue weighted by molar-refractivity contribution is -0.120. The van der Waals surface area contributed by atoms with Gasteiger partial charge in [0, 0.05) is 30.3 Å². The molecule has 0 bridgehead atoms. The van der Waals surface area contributed by atoms with E-state index in [-0.39, 0.29) is 45.9 Å². The molecule has 1 N–H and O–H groups in total. The number of carbonyl (C=O) groups excluding carboxylic acids is 1. The number of piperidine rings is 1. The fourth-order valence-electron chi connectivity index (χ4n) is 3.88. The zero-order valence-corrected chi connectivity index (χ0v) is 20.2. The van der Waals surface area contributed by atoms with Crippen LogP contribution in [0.3, 0.4) is 0 Å².